The number of thiophene rings is 2. The zero-order valence-corrected chi connectivity index (χ0v) is 17.6. The van der Waals surface area contributed by atoms with Gasteiger partial charge in [0.2, 0.25) is 0 Å². The summed E-state index contributed by atoms with van der Waals surface area (Å²) in [6, 6.07) is 12.8. The SMILES string of the molecule is O=C(CN(Cc1cccnc1)C1CC1)N1N=C(c2cccs2)CC1c1cccs1. The minimum absolute atomic E-state index is 0.000884. The van der Waals surface area contributed by atoms with Crippen molar-refractivity contribution in [3.63, 3.8) is 0 Å². The van der Waals surface area contributed by atoms with Gasteiger partial charge in [-0.05, 0) is 47.4 Å². The Morgan fingerprint density at radius 1 is 1.14 bits per heavy atom. The van der Waals surface area contributed by atoms with Crippen molar-refractivity contribution in [3.8, 4) is 0 Å². The van der Waals surface area contributed by atoms with Gasteiger partial charge in [0, 0.05) is 36.3 Å². The molecule has 4 heterocycles. The molecule has 1 unspecified atom stereocenters. The van der Waals surface area contributed by atoms with Gasteiger partial charge < -0.3 is 0 Å². The Kier molecular flexibility index (Phi) is 5.26. The first-order chi connectivity index (χ1) is 14.3. The van der Waals surface area contributed by atoms with Crippen LogP contribution in [0.1, 0.15) is 40.6 Å². The molecule has 1 aliphatic heterocycles. The molecule has 1 fully saturated rings. The molecule has 29 heavy (non-hydrogen) atoms. The highest BCUT2D eigenvalue weighted by Crippen LogP contribution is 2.36. The monoisotopic (exact) mass is 422 g/mol. The van der Waals surface area contributed by atoms with Crippen LogP contribution in [0.15, 0.2) is 64.7 Å². The van der Waals surface area contributed by atoms with Crippen LogP contribution >= 0.6 is 22.7 Å². The highest BCUT2D eigenvalue weighted by Gasteiger charge is 2.37. The van der Waals surface area contributed by atoms with E-state index >= 15 is 0 Å². The fraction of sp³-hybridized carbons (Fsp3) is 0.318. The predicted molar refractivity (Wildman–Crippen MR) is 117 cm³/mol. The standard InChI is InChI=1S/C22H22N4OS2/c27-22(15-25(17-7-8-17)14-16-4-1-9-23-13-16)26-19(21-6-3-11-29-21)12-18(24-26)20-5-2-10-28-20/h1-6,9-11,13,17,19H,7-8,12,14-15H2. The van der Waals surface area contributed by atoms with Gasteiger partial charge in [0.1, 0.15) is 0 Å². The molecular weight excluding hydrogens is 400 g/mol. The van der Waals surface area contributed by atoms with Crippen LogP contribution in [0.2, 0.25) is 0 Å². The van der Waals surface area contributed by atoms with Crippen LogP contribution in [0, 0.1) is 0 Å². The van der Waals surface area contributed by atoms with Crippen molar-refractivity contribution < 1.29 is 4.79 Å². The molecule has 1 aliphatic carbocycles. The molecule has 2 aliphatic rings. The third kappa shape index (κ3) is 4.17. The lowest BCUT2D eigenvalue weighted by molar-refractivity contribution is -0.134. The van der Waals surface area contributed by atoms with Crippen molar-refractivity contribution in [3.05, 3.63) is 74.9 Å². The Balaban J connectivity index is 1.36. The fourth-order valence-electron chi connectivity index (χ4n) is 3.76. The lowest BCUT2D eigenvalue weighted by Crippen LogP contribution is -2.39. The summed E-state index contributed by atoms with van der Waals surface area (Å²) in [7, 11) is 0. The first-order valence-corrected chi connectivity index (χ1v) is 11.6. The molecule has 0 saturated heterocycles. The second kappa shape index (κ2) is 8.18. The molecule has 0 spiro atoms. The van der Waals surface area contributed by atoms with E-state index in [-0.39, 0.29) is 11.9 Å². The highest BCUT2D eigenvalue weighted by atomic mass is 32.1. The van der Waals surface area contributed by atoms with E-state index in [1.807, 2.05) is 24.4 Å². The molecule has 148 valence electrons. The summed E-state index contributed by atoms with van der Waals surface area (Å²) >= 11 is 3.38. The maximum absolute atomic E-state index is 13.4. The minimum atomic E-state index is -0.000884. The minimum Gasteiger partial charge on any atom is -0.287 e. The number of hydrogen-bond acceptors (Lipinski definition) is 6. The van der Waals surface area contributed by atoms with E-state index < -0.39 is 0 Å². The van der Waals surface area contributed by atoms with E-state index in [9.17, 15) is 4.79 Å². The van der Waals surface area contributed by atoms with Gasteiger partial charge in [-0.3, -0.25) is 14.7 Å². The molecule has 1 atom stereocenters. The normalized spacial score (nSPS) is 19.0. The molecule has 3 aromatic rings. The lowest BCUT2D eigenvalue weighted by atomic mass is 10.1. The average molecular weight is 423 g/mol. The van der Waals surface area contributed by atoms with Crippen molar-refractivity contribution in [2.24, 2.45) is 5.10 Å². The third-order valence-electron chi connectivity index (χ3n) is 5.35. The summed E-state index contributed by atoms with van der Waals surface area (Å²) in [5.74, 6) is 0.0748. The number of amides is 1. The molecule has 3 aromatic heterocycles. The smallest absolute Gasteiger partial charge is 0.257 e. The molecule has 5 nitrogen and oxygen atoms in total. The number of carbonyl (C=O) groups excluding carboxylic acids is 1. The third-order valence-corrected chi connectivity index (χ3v) is 7.25. The number of hydrogen-bond donors (Lipinski definition) is 0. The molecule has 1 amide bonds. The maximum Gasteiger partial charge on any atom is 0.257 e. The van der Waals surface area contributed by atoms with Gasteiger partial charge in [0.25, 0.3) is 5.91 Å². The van der Waals surface area contributed by atoms with Crippen molar-refractivity contribution in [2.45, 2.75) is 37.9 Å². The predicted octanol–water partition coefficient (Wildman–Crippen LogP) is 4.55. The maximum atomic E-state index is 13.4. The van der Waals surface area contributed by atoms with Gasteiger partial charge in [-0.15, -0.1) is 22.7 Å². The van der Waals surface area contributed by atoms with Crippen molar-refractivity contribution >= 4 is 34.3 Å². The first kappa shape index (κ1) is 18.7. The molecule has 0 aromatic carbocycles. The number of hydrazone groups is 1. The Morgan fingerprint density at radius 3 is 2.69 bits per heavy atom. The Hall–Kier alpha value is -2.35. The van der Waals surface area contributed by atoms with Gasteiger partial charge in [-0.2, -0.15) is 5.10 Å². The van der Waals surface area contributed by atoms with Crippen LogP contribution in [0.4, 0.5) is 0 Å². The number of rotatable bonds is 7. The summed E-state index contributed by atoms with van der Waals surface area (Å²) in [4.78, 5) is 22.2. The molecule has 5 rings (SSSR count). The summed E-state index contributed by atoms with van der Waals surface area (Å²) in [6.45, 7) is 1.14. The number of aromatic nitrogens is 1. The number of carbonyl (C=O) groups is 1. The van der Waals surface area contributed by atoms with Crippen molar-refractivity contribution in [1.29, 1.82) is 0 Å². The van der Waals surface area contributed by atoms with E-state index in [0.717, 1.165) is 42.0 Å². The zero-order chi connectivity index (χ0) is 19.6. The van der Waals surface area contributed by atoms with Crippen LogP contribution in [0.25, 0.3) is 0 Å². The quantitative estimate of drug-likeness (QED) is 0.561. The van der Waals surface area contributed by atoms with E-state index in [0.29, 0.717) is 12.6 Å². The number of nitrogens with zero attached hydrogens (tertiary/aromatic N) is 4. The molecule has 0 radical (unpaired) electrons. The topological polar surface area (TPSA) is 48.8 Å². The van der Waals surface area contributed by atoms with Crippen LogP contribution < -0.4 is 0 Å². The molecule has 7 heteroatoms. The zero-order valence-electron chi connectivity index (χ0n) is 16.0. The van der Waals surface area contributed by atoms with Crippen LogP contribution in [0.5, 0.6) is 0 Å². The van der Waals surface area contributed by atoms with E-state index in [1.165, 1.54) is 4.88 Å². The van der Waals surface area contributed by atoms with Gasteiger partial charge in [0.05, 0.1) is 23.2 Å². The summed E-state index contributed by atoms with van der Waals surface area (Å²) in [6.07, 6.45) is 6.76. The van der Waals surface area contributed by atoms with Crippen LogP contribution in [0.3, 0.4) is 0 Å². The molecule has 0 bridgehead atoms. The summed E-state index contributed by atoms with van der Waals surface area (Å²) < 4.78 is 0. The lowest BCUT2D eigenvalue weighted by Gasteiger charge is -2.26. The van der Waals surface area contributed by atoms with Gasteiger partial charge >= 0.3 is 0 Å². The van der Waals surface area contributed by atoms with E-state index in [4.69, 9.17) is 5.10 Å². The van der Waals surface area contributed by atoms with E-state index in [2.05, 4.69) is 38.8 Å². The van der Waals surface area contributed by atoms with Crippen LogP contribution in [-0.2, 0) is 11.3 Å². The average Bonchev–Trinajstić information content (AvgIpc) is 3.17. The second-order valence-corrected chi connectivity index (χ2v) is 9.42. The van der Waals surface area contributed by atoms with Gasteiger partial charge in [-0.1, -0.05) is 18.2 Å². The molecule has 1 saturated carbocycles. The van der Waals surface area contributed by atoms with Crippen molar-refractivity contribution in [1.82, 2.24) is 14.9 Å². The van der Waals surface area contributed by atoms with Gasteiger partial charge in [-0.25, -0.2) is 5.01 Å². The number of pyridine rings is 1. The van der Waals surface area contributed by atoms with E-state index in [1.54, 1.807) is 33.9 Å². The Morgan fingerprint density at radius 2 is 2.00 bits per heavy atom. The fourth-order valence-corrected chi connectivity index (χ4v) is 5.29. The highest BCUT2D eigenvalue weighted by molar-refractivity contribution is 7.12. The largest absolute Gasteiger partial charge is 0.287 e. The Bertz CT molecular complexity index is 981. The summed E-state index contributed by atoms with van der Waals surface area (Å²) in [5.41, 5.74) is 2.16. The van der Waals surface area contributed by atoms with Crippen LogP contribution in [-0.4, -0.2) is 39.1 Å². The second-order valence-electron chi connectivity index (χ2n) is 7.50. The Labute approximate surface area is 178 Å². The first-order valence-electron chi connectivity index (χ1n) is 9.88. The summed E-state index contributed by atoms with van der Waals surface area (Å²) in [5, 5.41) is 10.7. The van der Waals surface area contributed by atoms with Crippen molar-refractivity contribution in [2.75, 3.05) is 6.54 Å². The molecule has 0 N–H and O–H groups in total. The molecular formula is C22H22N4OS2. The van der Waals surface area contributed by atoms with Gasteiger partial charge in [0.15, 0.2) is 0 Å².